The Balaban J connectivity index is 1.96. The van der Waals surface area contributed by atoms with Crippen molar-refractivity contribution in [2.45, 2.75) is 39.2 Å². The number of rotatable bonds is 6. The molecule has 1 unspecified atom stereocenters. The van der Waals surface area contributed by atoms with Gasteiger partial charge in [-0.05, 0) is 41.9 Å². The smallest absolute Gasteiger partial charge is 0.0790 e. The highest BCUT2D eigenvalue weighted by Gasteiger charge is 2.08. The maximum absolute atomic E-state index is 10.2. The van der Waals surface area contributed by atoms with E-state index in [0.717, 1.165) is 24.8 Å². The summed E-state index contributed by atoms with van der Waals surface area (Å²) in [6, 6.07) is 18.8. The van der Waals surface area contributed by atoms with E-state index in [1.165, 1.54) is 11.1 Å². The lowest BCUT2D eigenvalue weighted by molar-refractivity contribution is 0.159. The lowest BCUT2D eigenvalue weighted by Gasteiger charge is -2.13. The van der Waals surface area contributed by atoms with Crippen LogP contribution in [0.1, 0.15) is 49.5 Å². The molecule has 0 saturated carbocycles. The van der Waals surface area contributed by atoms with E-state index < -0.39 is 0 Å². The minimum atomic E-state index is -0.330. The molecule has 0 radical (unpaired) electrons. The van der Waals surface area contributed by atoms with Crippen LogP contribution in [0.3, 0.4) is 0 Å². The molecular weight excluding hydrogens is 244 g/mol. The Labute approximate surface area is 122 Å². The molecule has 0 saturated heterocycles. The molecule has 0 aliphatic rings. The second kappa shape index (κ2) is 7.25. The molecule has 0 fully saturated rings. The number of aliphatic hydroxyl groups excluding tert-OH is 1. The Kier molecular flexibility index (Phi) is 5.37. The molecular formula is C19H24O. The van der Waals surface area contributed by atoms with Crippen molar-refractivity contribution >= 4 is 0 Å². The highest BCUT2D eigenvalue weighted by Crippen LogP contribution is 2.21. The Morgan fingerprint density at radius 2 is 1.40 bits per heavy atom. The van der Waals surface area contributed by atoms with Crippen LogP contribution in [0.4, 0.5) is 0 Å². The average molecular weight is 268 g/mol. The first-order valence-corrected chi connectivity index (χ1v) is 7.46. The number of aliphatic hydroxyl groups is 1. The van der Waals surface area contributed by atoms with Crippen molar-refractivity contribution in [3.63, 3.8) is 0 Å². The minimum Gasteiger partial charge on any atom is -0.388 e. The van der Waals surface area contributed by atoms with Gasteiger partial charge >= 0.3 is 0 Å². The number of benzene rings is 2. The fourth-order valence-corrected chi connectivity index (χ4v) is 2.35. The zero-order valence-corrected chi connectivity index (χ0v) is 12.4. The van der Waals surface area contributed by atoms with Crippen molar-refractivity contribution in [2.75, 3.05) is 0 Å². The minimum absolute atomic E-state index is 0.330. The molecule has 0 aliphatic carbocycles. The molecule has 2 aromatic rings. The molecule has 1 nitrogen and oxygen atoms in total. The van der Waals surface area contributed by atoms with Gasteiger partial charge in [0.15, 0.2) is 0 Å². The third-order valence-corrected chi connectivity index (χ3v) is 3.63. The first kappa shape index (κ1) is 14.8. The zero-order valence-electron chi connectivity index (χ0n) is 12.4. The summed E-state index contributed by atoms with van der Waals surface area (Å²) in [6.07, 6.45) is 2.52. The van der Waals surface area contributed by atoms with Gasteiger partial charge in [0.05, 0.1) is 6.10 Å². The topological polar surface area (TPSA) is 20.2 Å². The van der Waals surface area contributed by atoms with E-state index in [9.17, 15) is 5.11 Å². The van der Waals surface area contributed by atoms with E-state index in [1.807, 2.05) is 6.07 Å². The summed E-state index contributed by atoms with van der Waals surface area (Å²) < 4.78 is 0. The van der Waals surface area contributed by atoms with Crippen LogP contribution in [-0.4, -0.2) is 5.11 Å². The van der Waals surface area contributed by atoms with Crippen molar-refractivity contribution < 1.29 is 5.11 Å². The Morgan fingerprint density at radius 3 is 2.00 bits per heavy atom. The molecule has 2 aromatic carbocycles. The van der Waals surface area contributed by atoms with Gasteiger partial charge in [0.1, 0.15) is 0 Å². The van der Waals surface area contributed by atoms with Crippen molar-refractivity contribution in [1.29, 1.82) is 0 Å². The second-order valence-corrected chi connectivity index (χ2v) is 5.89. The summed E-state index contributed by atoms with van der Waals surface area (Å²) >= 11 is 0. The molecule has 20 heavy (non-hydrogen) atoms. The number of hydrogen-bond donors (Lipinski definition) is 1. The van der Waals surface area contributed by atoms with Crippen LogP contribution >= 0.6 is 0 Å². The molecule has 1 N–H and O–H groups in total. The van der Waals surface area contributed by atoms with Crippen molar-refractivity contribution in [3.05, 3.63) is 71.3 Å². The fraction of sp³-hybridized carbons (Fsp3) is 0.368. The van der Waals surface area contributed by atoms with Gasteiger partial charge in [0, 0.05) is 0 Å². The standard InChI is InChI=1S/C19H24O/c1-15(2)8-13-19(20)18-11-9-17(10-12-18)14-16-6-4-3-5-7-16/h3-7,9-12,15,19-20H,8,13-14H2,1-2H3. The fourth-order valence-electron chi connectivity index (χ4n) is 2.35. The molecule has 0 heterocycles. The Hall–Kier alpha value is -1.60. The third-order valence-electron chi connectivity index (χ3n) is 3.63. The summed E-state index contributed by atoms with van der Waals surface area (Å²) in [5.74, 6) is 0.641. The summed E-state index contributed by atoms with van der Waals surface area (Å²) in [4.78, 5) is 0. The normalized spacial score (nSPS) is 12.6. The molecule has 0 amide bonds. The highest BCUT2D eigenvalue weighted by atomic mass is 16.3. The van der Waals surface area contributed by atoms with Gasteiger partial charge in [-0.3, -0.25) is 0 Å². The number of hydrogen-bond acceptors (Lipinski definition) is 1. The van der Waals surface area contributed by atoms with Gasteiger partial charge in [0.25, 0.3) is 0 Å². The van der Waals surface area contributed by atoms with E-state index in [-0.39, 0.29) is 6.10 Å². The van der Waals surface area contributed by atoms with Crippen LogP contribution in [0.2, 0.25) is 0 Å². The van der Waals surface area contributed by atoms with E-state index in [4.69, 9.17) is 0 Å². The van der Waals surface area contributed by atoms with Gasteiger partial charge < -0.3 is 5.11 Å². The lowest BCUT2D eigenvalue weighted by Crippen LogP contribution is -2.00. The maximum atomic E-state index is 10.2. The van der Waals surface area contributed by atoms with Crippen molar-refractivity contribution in [1.82, 2.24) is 0 Å². The van der Waals surface area contributed by atoms with Crippen LogP contribution < -0.4 is 0 Å². The van der Waals surface area contributed by atoms with Gasteiger partial charge in [-0.15, -0.1) is 0 Å². The first-order valence-electron chi connectivity index (χ1n) is 7.46. The predicted octanol–water partition coefficient (Wildman–Crippen LogP) is 4.75. The summed E-state index contributed by atoms with van der Waals surface area (Å²) in [6.45, 7) is 4.38. The maximum Gasteiger partial charge on any atom is 0.0790 e. The van der Waals surface area contributed by atoms with E-state index in [1.54, 1.807) is 0 Å². The van der Waals surface area contributed by atoms with Gasteiger partial charge in [-0.25, -0.2) is 0 Å². The van der Waals surface area contributed by atoms with E-state index in [2.05, 4.69) is 62.4 Å². The van der Waals surface area contributed by atoms with Crippen molar-refractivity contribution in [3.8, 4) is 0 Å². The van der Waals surface area contributed by atoms with Crippen LogP contribution in [0.25, 0.3) is 0 Å². The molecule has 2 rings (SSSR count). The van der Waals surface area contributed by atoms with Crippen LogP contribution in [0.5, 0.6) is 0 Å². The van der Waals surface area contributed by atoms with Gasteiger partial charge in [0.2, 0.25) is 0 Å². The Morgan fingerprint density at radius 1 is 0.800 bits per heavy atom. The molecule has 0 aliphatic heterocycles. The van der Waals surface area contributed by atoms with E-state index in [0.29, 0.717) is 5.92 Å². The van der Waals surface area contributed by atoms with Crippen molar-refractivity contribution in [2.24, 2.45) is 5.92 Å². The van der Waals surface area contributed by atoms with Gasteiger partial charge in [-0.2, -0.15) is 0 Å². The SMILES string of the molecule is CC(C)CCC(O)c1ccc(Cc2ccccc2)cc1. The quantitative estimate of drug-likeness (QED) is 0.801. The molecule has 0 aromatic heterocycles. The van der Waals surface area contributed by atoms with Crippen LogP contribution in [-0.2, 0) is 6.42 Å². The van der Waals surface area contributed by atoms with Crippen LogP contribution in [0.15, 0.2) is 54.6 Å². The molecule has 1 atom stereocenters. The summed E-state index contributed by atoms with van der Waals surface area (Å²) in [5, 5.41) is 10.2. The van der Waals surface area contributed by atoms with Crippen LogP contribution in [0, 0.1) is 5.92 Å². The molecule has 1 heteroatoms. The van der Waals surface area contributed by atoms with E-state index >= 15 is 0 Å². The third kappa shape index (κ3) is 4.50. The summed E-state index contributed by atoms with van der Waals surface area (Å²) in [5.41, 5.74) is 3.64. The second-order valence-electron chi connectivity index (χ2n) is 5.89. The molecule has 0 bridgehead atoms. The van der Waals surface area contributed by atoms with Gasteiger partial charge in [-0.1, -0.05) is 68.4 Å². The largest absolute Gasteiger partial charge is 0.388 e. The highest BCUT2D eigenvalue weighted by molar-refractivity contribution is 5.29. The first-order chi connectivity index (χ1) is 9.65. The summed E-state index contributed by atoms with van der Waals surface area (Å²) in [7, 11) is 0. The zero-order chi connectivity index (χ0) is 14.4. The monoisotopic (exact) mass is 268 g/mol. The lowest BCUT2D eigenvalue weighted by atomic mass is 9.98. The average Bonchev–Trinajstić information content (AvgIpc) is 2.46. The molecule has 0 spiro atoms. The predicted molar refractivity (Wildman–Crippen MR) is 84.7 cm³/mol. The molecule has 106 valence electrons. The Bertz CT molecular complexity index is 499.